The minimum absolute atomic E-state index is 0.313. The van der Waals surface area contributed by atoms with Crippen LogP contribution in [0, 0.1) is 5.92 Å². The summed E-state index contributed by atoms with van der Waals surface area (Å²) in [6.07, 6.45) is 5.44. The van der Waals surface area contributed by atoms with E-state index in [1.807, 2.05) is 11.3 Å². The van der Waals surface area contributed by atoms with E-state index in [1.165, 1.54) is 61.1 Å². The summed E-state index contributed by atoms with van der Waals surface area (Å²) >= 11 is 4.15. The van der Waals surface area contributed by atoms with Crippen LogP contribution in [0.15, 0.2) is 29.6 Å². The van der Waals surface area contributed by atoms with E-state index >= 15 is 0 Å². The summed E-state index contributed by atoms with van der Waals surface area (Å²) in [7, 11) is 0. The number of likely N-dealkylation sites (tertiary alicyclic amines) is 1. The van der Waals surface area contributed by atoms with Crippen molar-refractivity contribution in [2.75, 3.05) is 24.6 Å². The molecule has 1 aromatic heterocycles. The Hall–Kier alpha value is -0.510. The van der Waals surface area contributed by atoms with Crippen LogP contribution in [0.4, 0.5) is 0 Å². The van der Waals surface area contributed by atoms with Crippen LogP contribution >= 0.6 is 23.1 Å². The number of benzene rings is 1. The standard InChI is InChI=1S/C19H25NS2/c1-15-5-4-10-20(13-15)19(8-11-21-12-9-19)18-17-7-3-2-6-16(17)14-22-18/h2-3,6-7,14-15H,4-5,8-13H2,1H3. The molecule has 2 aliphatic rings. The molecule has 3 heteroatoms. The van der Waals surface area contributed by atoms with Crippen molar-refractivity contribution in [3.05, 3.63) is 34.5 Å². The Morgan fingerprint density at radius 3 is 2.82 bits per heavy atom. The smallest absolute Gasteiger partial charge is 0.0575 e. The van der Waals surface area contributed by atoms with Crippen LogP contribution in [-0.2, 0) is 5.54 Å². The van der Waals surface area contributed by atoms with Crippen LogP contribution in [0.5, 0.6) is 0 Å². The predicted octanol–water partition coefficient (Wildman–Crippen LogP) is 5.36. The number of hydrogen-bond donors (Lipinski definition) is 0. The number of nitrogens with zero attached hydrogens (tertiary/aromatic N) is 1. The zero-order chi connectivity index (χ0) is 15.0. The SMILES string of the molecule is CC1CCCN(C2(c3scc4ccccc34)CCSCC2)C1. The predicted molar refractivity (Wildman–Crippen MR) is 100 cm³/mol. The fourth-order valence-electron chi connectivity index (χ4n) is 4.33. The lowest BCUT2D eigenvalue weighted by Crippen LogP contribution is -2.51. The average Bonchev–Trinajstić information content (AvgIpc) is 3.00. The number of thioether (sulfide) groups is 1. The third-order valence-corrected chi connectivity index (χ3v) is 7.71. The van der Waals surface area contributed by atoms with Crippen LogP contribution in [0.1, 0.15) is 37.5 Å². The molecule has 0 aliphatic carbocycles. The molecule has 0 N–H and O–H groups in total. The molecule has 4 rings (SSSR count). The second-order valence-corrected chi connectivity index (χ2v) is 9.09. The highest BCUT2D eigenvalue weighted by Crippen LogP contribution is 2.47. The lowest BCUT2D eigenvalue weighted by atomic mass is 9.83. The highest BCUT2D eigenvalue weighted by molar-refractivity contribution is 7.99. The van der Waals surface area contributed by atoms with Gasteiger partial charge in [0.2, 0.25) is 0 Å². The fourth-order valence-corrected chi connectivity index (χ4v) is 6.81. The normalized spacial score (nSPS) is 26.3. The quantitative estimate of drug-likeness (QED) is 0.729. The van der Waals surface area contributed by atoms with E-state index in [0.717, 1.165) is 5.92 Å². The van der Waals surface area contributed by atoms with E-state index in [9.17, 15) is 0 Å². The topological polar surface area (TPSA) is 3.24 Å². The first-order valence-electron chi connectivity index (χ1n) is 8.59. The maximum absolute atomic E-state index is 2.86. The van der Waals surface area contributed by atoms with Gasteiger partial charge in [0.05, 0.1) is 5.54 Å². The van der Waals surface area contributed by atoms with Crippen molar-refractivity contribution >= 4 is 33.9 Å². The first kappa shape index (κ1) is 15.0. The van der Waals surface area contributed by atoms with Gasteiger partial charge in [-0.3, -0.25) is 4.90 Å². The van der Waals surface area contributed by atoms with Gasteiger partial charge in [-0.2, -0.15) is 11.8 Å². The first-order valence-corrected chi connectivity index (χ1v) is 10.6. The van der Waals surface area contributed by atoms with Crippen molar-refractivity contribution in [2.24, 2.45) is 5.92 Å². The summed E-state index contributed by atoms with van der Waals surface area (Å²) in [5.74, 6) is 3.49. The molecule has 0 saturated carbocycles. The van der Waals surface area contributed by atoms with Gasteiger partial charge in [0, 0.05) is 11.4 Å². The molecule has 118 valence electrons. The summed E-state index contributed by atoms with van der Waals surface area (Å²) in [6.45, 7) is 5.02. The van der Waals surface area contributed by atoms with Crippen LogP contribution in [-0.4, -0.2) is 29.5 Å². The van der Waals surface area contributed by atoms with Crippen LogP contribution in [0.25, 0.3) is 10.8 Å². The van der Waals surface area contributed by atoms with Gasteiger partial charge in [0.1, 0.15) is 0 Å². The van der Waals surface area contributed by atoms with Crippen LogP contribution in [0.2, 0.25) is 0 Å². The van der Waals surface area contributed by atoms with Gasteiger partial charge < -0.3 is 0 Å². The molecule has 0 spiro atoms. The summed E-state index contributed by atoms with van der Waals surface area (Å²) in [4.78, 5) is 4.51. The van der Waals surface area contributed by atoms with E-state index in [4.69, 9.17) is 0 Å². The molecule has 1 atom stereocenters. The van der Waals surface area contributed by atoms with Gasteiger partial charge in [-0.05, 0) is 65.8 Å². The molecule has 0 bridgehead atoms. The Kier molecular flexibility index (Phi) is 4.23. The van der Waals surface area contributed by atoms with Crippen molar-refractivity contribution in [3.8, 4) is 0 Å². The summed E-state index contributed by atoms with van der Waals surface area (Å²) in [6, 6.07) is 9.01. The van der Waals surface area contributed by atoms with Crippen LogP contribution in [0.3, 0.4) is 0 Å². The van der Waals surface area contributed by atoms with Gasteiger partial charge in [-0.1, -0.05) is 31.2 Å². The summed E-state index contributed by atoms with van der Waals surface area (Å²) < 4.78 is 0. The van der Waals surface area contributed by atoms with Gasteiger partial charge in [-0.15, -0.1) is 11.3 Å². The maximum atomic E-state index is 2.86. The maximum Gasteiger partial charge on any atom is 0.0575 e. The molecule has 0 radical (unpaired) electrons. The largest absolute Gasteiger partial charge is 0.292 e. The molecular formula is C19H25NS2. The minimum Gasteiger partial charge on any atom is -0.292 e. The van der Waals surface area contributed by atoms with Crippen molar-refractivity contribution in [3.63, 3.8) is 0 Å². The molecule has 3 heterocycles. The monoisotopic (exact) mass is 331 g/mol. The third kappa shape index (κ3) is 2.51. The first-order chi connectivity index (χ1) is 10.8. The highest BCUT2D eigenvalue weighted by atomic mass is 32.2. The van der Waals surface area contributed by atoms with Crippen molar-refractivity contribution < 1.29 is 0 Å². The molecule has 1 nitrogen and oxygen atoms in total. The molecule has 1 aromatic carbocycles. The van der Waals surface area contributed by atoms with E-state index in [-0.39, 0.29) is 0 Å². The molecule has 2 aliphatic heterocycles. The fraction of sp³-hybridized carbons (Fsp3) is 0.579. The Morgan fingerprint density at radius 2 is 2.00 bits per heavy atom. The Bertz CT molecular complexity index is 642. The Labute approximate surface area is 142 Å². The highest BCUT2D eigenvalue weighted by Gasteiger charge is 2.42. The van der Waals surface area contributed by atoms with E-state index < -0.39 is 0 Å². The zero-order valence-corrected chi connectivity index (χ0v) is 15.0. The summed E-state index contributed by atoms with van der Waals surface area (Å²) in [5, 5.41) is 5.32. The summed E-state index contributed by atoms with van der Waals surface area (Å²) in [5.41, 5.74) is 0.313. The molecule has 2 saturated heterocycles. The minimum atomic E-state index is 0.313. The lowest BCUT2D eigenvalue weighted by molar-refractivity contribution is 0.0392. The third-order valence-electron chi connectivity index (χ3n) is 5.51. The van der Waals surface area contributed by atoms with Gasteiger partial charge in [-0.25, -0.2) is 0 Å². The molecule has 22 heavy (non-hydrogen) atoms. The van der Waals surface area contributed by atoms with Crippen LogP contribution < -0.4 is 0 Å². The average molecular weight is 332 g/mol. The van der Waals surface area contributed by atoms with Crippen molar-refractivity contribution in [2.45, 2.75) is 38.1 Å². The number of thiophene rings is 1. The zero-order valence-electron chi connectivity index (χ0n) is 13.4. The van der Waals surface area contributed by atoms with E-state index in [0.29, 0.717) is 5.54 Å². The molecule has 2 fully saturated rings. The number of fused-ring (bicyclic) bond motifs is 1. The molecule has 1 unspecified atom stereocenters. The van der Waals surface area contributed by atoms with E-state index in [1.54, 1.807) is 4.88 Å². The Morgan fingerprint density at radius 1 is 1.18 bits per heavy atom. The Balaban J connectivity index is 1.80. The van der Waals surface area contributed by atoms with Crippen molar-refractivity contribution in [1.29, 1.82) is 0 Å². The molecule has 2 aromatic rings. The number of rotatable bonds is 2. The molecule has 0 amide bonds. The van der Waals surface area contributed by atoms with Gasteiger partial charge in [0.25, 0.3) is 0 Å². The second kappa shape index (κ2) is 6.18. The molecular weight excluding hydrogens is 306 g/mol. The van der Waals surface area contributed by atoms with Gasteiger partial charge in [0.15, 0.2) is 0 Å². The lowest BCUT2D eigenvalue weighted by Gasteiger charge is -2.49. The van der Waals surface area contributed by atoms with E-state index in [2.05, 4.69) is 53.2 Å². The van der Waals surface area contributed by atoms with Crippen molar-refractivity contribution in [1.82, 2.24) is 4.90 Å². The number of hydrogen-bond acceptors (Lipinski definition) is 3. The number of piperidine rings is 1. The second-order valence-electron chi connectivity index (χ2n) is 6.99. The van der Waals surface area contributed by atoms with Gasteiger partial charge >= 0.3 is 0 Å².